The minimum atomic E-state index is -0.806. The highest BCUT2D eigenvalue weighted by Crippen LogP contribution is 2.46. The SMILES string of the molecule is CC1=C(C(=O)O)CC(C)(I)N1c1cccs1. The number of allylic oxidation sites excluding steroid dienone is 1. The van der Waals surface area contributed by atoms with Crippen molar-refractivity contribution in [3.8, 4) is 0 Å². The summed E-state index contributed by atoms with van der Waals surface area (Å²) in [6, 6.07) is 4.01. The zero-order valence-electron chi connectivity index (χ0n) is 9.03. The molecule has 0 amide bonds. The number of alkyl halides is 1. The third kappa shape index (κ3) is 1.86. The van der Waals surface area contributed by atoms with Crippen molar-refractivity contribution >= 4 is 44.9 Å². The number of carbonyl (C=O) groups is 1. The van der Waals surface area contributed by atoms with Gasteiger partial charge in [0, 0.05) is 12.1 Å². The van der Waals surface area contributed by atoms with Crippen LogP contribution in [-0.4, -0.2) is 14.6 Å². The zero-order valence-corrected chi connectivity index (χ0v) is 12.0. The van der Waals surface area contributed by atoms with Gasteiger partial charge in [0.1, 0.15) is 0 Å². The van der Waals surface area contributed by atoms with Crippen molar-refractivity contribution < 1.29 is 9.90 Å². The van der Waals surface area contributed by atoms with Crippen molar-refractivity contribution in [2.75, 3.05) is 4.90 Å². The lowest BCUT2D eigenvalue weighted by molar-refractivity contribution is -0.132. The molecule has 1 atom stereocenters. The smallest absolute Gasteiger partial charge is 0.333 e. The van der Waals surface area contributed by atoms with E-state index in [0.717, 1.165) is 10.7 Å². The van der Waals surface area contributed by atoms with Crippen molar-refractivity contribution in [1.82, 2.24) is 0 Å². The summed E-state index contributed by atoms with van der Waals surface area (Å²) < 4.78 is -0.180. The summed E-state index contributed by atoms with van der Waals surface area (Å²) in [5.41, 5.74) is 1.37. The monoisotopic (exact) mass is 349 g/mol. The summed E-state index contributed by atoms with van der Waals surface area (Å²) in [6.07, 6.45) is 0.576. The van der Waals surface area contributed by atoms with Crippen molar-refractivity contribution in [2.45, 2.75) is 23.8 Å². The highest BCUT2D eigenvalue weighted by Gasteiger charge is 2.41. The van der Waals surface area contributed by atoms with E-state index in [4.69, 9.17) is 5.11 Å². The van der Waals surface area contributed by atoms with Crippen molar-refractivity contribution in [3.63, 3.8) is 0 Å². The number of rotatable bonds is 2. The number of nitrogens with zero attached hydrogens (tertiary/aromatic N) is 1. The second-order valence-electron chi connectivity index (χ2n) is 3.97. The lowest BCUT2D eigenvalue weighted by Gasteiger charge is -2.32. The number of hydrogen-bond donors (Lipinski definition) is 1. The predicted octanol–water partition coefficient (Wildman–Crippen LogP) is 3.47. The number of thiophene rings is 1. The normalized spacial score (nSPS) is 25.3. The van der Waals surface area contributed by atoms with Gasteiger partial charge in [0.25, 0.3) is 0 Å². The van der Waals surface area contributed by atoms with Crippen LogP contribution >= 0.6 is 33.9 Å². The number of anilines is 1. The van der Waals surface area contributed by atoms with Crippen molar-refractivity contribution in [3.05, 3.63) is 28.8 Å². The summed E-state index contributed by atoms with van der Waals surface area (Å²) in [4.78, 5) is 13.2. The minimum Gasteiger partial charge on any atom is -0.478 e. The number of carboxylic acids is 1. The Labute approximate surface area is 112 Å². The average molecular weight is 349 g/mol. The quantitative estimate of drug-likeness (QED) is 0.505. The lowest BCUT2D eigenvalue weighted by atomic mass is 10.1. The highest BCUT2D eigenvalue weighted by atomic mass is 127. The maximum absolute atomic E-state index is 11.1. The maximum atomic E-state index is 11.1. The molecule has 0 radical (unpaired) electrons. The molecular formula is C11H12INO2S. The van der Waals surface area contributed by atoms with Gasteiger partial charge in [0.15, 0.2) is 0 Å². The number of halogens is 1. The van der Waals surface area contributed by atoms with Crippen LogP contribution in [0.4, 0.5) is 5.00 Å². The Morgan fingerprint density at radius 2 is 2.38 bits per heavy atom. The van der Waals surface area contributed by atoms with Crippen LogP contribution in [0, 0.1) is 0 Å². The standard InChI is InChI=1S/C11H12INO2S/c1-7-8(10(14)15)6-11(2,12)13(7)9-4-3-5-16-9/h3-5H,6H2,1-2H3,(H,14,15). The molecule has 0 fully saturated rings. The average Bonchev–Trinajstić information content (AvgIpc) is 2.72. The van der Waals surface area contributed by atoms with Gasteiger partial charge < -0.3 is 10.0 Å². The van der Waals surface area contributed by atoms with Crippen LogP contribution in [0.2, 0.25) is 0 Å². The molecule has 1 N–H and O–H groups in total. The fraction of sp³-hybridized carbons (Fsp3) is 0.364. The van der Waals surface area contributed by atoms with Crippen LogP contribution in [0.3, 0.4) is 0 Å². The van der Waals surface area contributed by atoms with Gasteiger partial charge in [0.05, 0.1) is 14.1 Å². The Balaban J connectivity index is 2.47. The van der Waals surface area contributed by atoms with Gasteiger partial charge in [0.2, 0.25) is 0 Å². The second kappa shape index (κ2) is 4.03. The molecule has 1 aromatic rings. The fourth-order valence-electron chi connectivity index (χ4n) is 2.04. The van der Waals surface area contributed by atoms with E-state index in [0.29, 0.717) is 12.0 Å². The number of hydrogen-bond acceptors (Lipinski definition) is 3. The van der Waals surface area contributed by atoms with E-state index >= 15 is 0 Å². The van der Waals surface area contributed by atoms with Gasteiger partial charge in [-0.2, -0.15) is 0 Å². The van der Waals surface area contributed by atoms with Gasteiger partial charge in [-0.05, 0) is 31.4 Å². The molecule has 16 heavy (non-hydrogen) atoms. The molecule has 0 saturated carbocycles. The molecule has 1 aliphatic heterocycles. The first-order chi connectivity index (χ1) is 7.43. The molecule has 0 aliphatic carbocycles. The second-order valence-corrected chi connectivity index (χ2v) is 7.23. The first kappa shape index (κ1) is 11.9. The molecule has 5 heteroatoms. The maximum Gasteiger partial charge on any atom is 0.333 e. The molecule has 3 nitrogen and oxygen atoms in total. The van der Waals surface area contributed by atoms with Crippen LogP contribution in [-0.2, 0) is 4.79 Å². The summed E-state index contributed by atoms with van der Waals surface area (Å²) in [5, 5.41) is 12.3. The summed E-state index contributed by atoms with van der Waals surface area (Å²) >= 11 is 3.95. The Bertz CT molecular complexity index is 451. The van der Waals surface area contributed by atoms with Gasteiger partial charge in [-0.15, -0.1) is 11.3 Å². The van der Waals surface area contributed by atoms with E-state index in [2.05, 4.69) is 34.4 Å². The van der Waals surface area contributed by atoms with E-state index in [1.807, 2.05) is 24.4 Å². The molecular weight excluding hydrogens is 337 g/mol. The minimum absolute atomic E-state index is 0.180. The number of carboxylic acid groups (broad SMARTS) is 1. The highest BCUT2D eigenvalue weighted by molar-refractivity contribution is 14.1. The Morgan fingerprint density at radius 1 is 1.69 bits per heavy atom. The molecule has 2 rings (SSSR count). The topological polar surface area (TPSA) is 40.5 Å². The van der Waals surface area contributed by atoms with Crippen LogP contribution < -0.4 is 4.90 Å². The largest absolute Gasteiger partial charge is 0.478 e. The van der Waals surface area contributed by atoms with Crippen molar-refractivity contribution in [2.24, 2.45) is 0 Å². The Morgan fingerprint density at radius 3 is 2.81 bits per heavy atom. The third-order valence-corrected chi connectivity index (χ3v) is 4.44. The van der Waals surface area contributed by atoms with E-state index in [-0.39, 0.29) is 3.55 Å². The van der Waals surface area contributed by atoms with Crippen molar-refractivity contribution in [1.29, 1.82) is 0 Å². The molecule has 0 bridgehead atoms. The summed E-state index contributed by atoms with van der Waals surface area (Å²) in [6.45, 7) is 3.94. The zero-order chi connectivity index (χ0) is 11.9. The molecule has 2 heterocycles. The summed E-state index contributed by atoms with van der Waals surface area (Å²) in [7, 11) is 0. The van der Waals surface area contributed by atoms with Gasteiger partial charge >= 0.3 is 5.97 Å². The van der Waals surface area contributed by atoms with Crippen LogP contribution in [0.25, 0.3) is 0 Å². The van der Waals surface area contributed by atoms with Crippen LogP contribution in [0.15, 0.2) is 28.8 Å². The molecule has 1 aliphatic rings. The summed E-state index contributed by atoms with van der Waals surface area (Å²) in [5.74, 6) is -0.806. The Kier molecular flexibility index (Phi) is 3.00. The van der Waals surface area contributed by atoms with Gasteiger partial charge in [-0.25, -0.2) is 4.79 Å². The van der Waals surface area contributed by atoms with Crippen LogP contribution in [0.5, 0.6) is 0 Å². The molecule has 86 valence electrons. The number of aliphatic carboxylic acids is 1. The van der Waals surface area contributed by atoms with E-state index in [9.17, 15) is 4.79 Å². The molecule has 0 saturated heterocycles. The third-order valence-electron chi connectivity index (χ3n) is 2.72. The Hall–Kier alpha value is -0.560. The van der Waals surface area contributed by atoms with E-state index < -0.39 is 5.97 Å². The first-order valence-electron chi connectivity index (χ1n) is 4.89. The van der Waals surface area contributed by atoms with Gasteiger partial charge in [-0.1, -0.05) is 22.6 Å². The van der Waals surface area contributed by atoms with E-state index in [1.165, 1.54) is 0 Å². The van der Waals surface area contributed by atoms with Crippen LogP contribution in [0.1, 0.15) is 20.3 Å². The fourth-order valence-corrected chi connectivity index (χ4v) is 4.10. The molecule has 0 aromatic carbocycles. The predicted molar refractivity (Wildman–Crippen MR) is 74.2 cm³/mol. The van der Waals surface area contributed by atoms with E-state index in [1.54, 1.807) is 11.3 Å². The first-order valence-corrected chi connectivity index (χ1v) is 6.85. The molecule has 0 spiro atoms. The lowest BCUT2D eigenvalue weighted by Crippen LogP contribution is -2.34. The molecule has 1 aromatic heterocycles. The molecule has 1 unspecified atom stereocenters. The van der Waals surface area contributed by atoms with Gasteiger partial charge in [-0.3, -0.25) is 0 Å².